The lowest BCUT2D eigenvalue weighted by atomic mass is 10.1. The van der Waals surface area contributed by atoms with Crippen molar-refractivity contribution in [3.05, 3.63) is 29.8 Å². The van der Waals surface area contributed by atoms with E-state index in [1.54, 1.807) is 6.92 Å². The molecule has 1 aromatic carbocycles. The molecule has 0 amide bonds. The maximum absolute atomic E-state index is 8.70. The van der Waals surface area contributed by atoms with Crippen molar-refractivity contribution < 1.29 is 14.7 Å². The van der Waals surface area contributed by atoms with E-state index in [-0.39, 0.29) is 0 Å². The summed E-state index contributed by atoms with van der Waals surface area (Å²) in [5.74, 6) is 1.29. The van der Waals surface area contributed by atoms with Crippen LogP contribution in [0.1, 0.15) is 26.3 Å². The molecule has 0 radical (unpaired) electrons. The maximum atomic E-state index is 8.70. The Kier molecular flexibility index (Phi) is 6.22. The quantitative estimate of drug-likeness (QED) is 0.351. The van der Waals surface area contributed by atoms with Crippen molar-refractivity contribution in [2.75, 3.05) is 19.8 Å². The van der Waals surface area contributed by atoms with Crippen molar-refractivity contribution in [2.24, 2.45) is 11.1 Å². The topological polar surface area (TPSA) is 51.1 Å². The molecule has 0 atom stereocenters. The molecule has 0 saturated carbocycles. The molecule has 0 aliphatic heterocycles. The van der Waals surface area contributed by atoms with Crippen LogP contribution in [0.5, 0.6) is 5.75 Å². The molecule has 1 rings (SSSR count). The summed E-state index contributed by atoms with van der Waals surface area (Å²) in [6.45, 7) is 7.81. The summed E-state index contributed by atoms with van der Waals surface area (Å²) < 4.78 is 11.0. The third kappa shape index (κ3) is 5.19. The van der Waals surface area contributed by atoms with E-state index in [1.807, 2.05) is 24.3 Å². The van der Waals surface area contributed by atoms with E-state index in [1.165, 1.54) is 0 Å². The second-order valence-corrected chi connectivity index (χ2v) is 4.53. The zero-order valence-electron chi connectivity index (χ0n) is 11.2. The second kappa shape index (κ2) is 7.71. The van der Waals surface area contributed by atoms with E-state index in [9.17, 15) is 0 Å². The molecule has 1 aromatic rings. The first kappa shape index (κ1) is 14.5. The fourth-order valence-corrected chi connectivity index (χ4v) is 1.41. The largest absolute Gasteiger partial charge is 0.491 e. The van der Waals surface area contributed by atoms with Crippen LogP contribution >= 0.6 is 0 Å². The van der Waals surface area contributed by atoms with Crippen LogP contribution in [0.2, 0.25) is 0 Å². The summed E-state index contributed by atoms with van der Waals surface area (Å²) in [4.78, 5) is 0. The summed E-state index contributed by atoms with van der Waals surface area (Å²) >= 11 is 0. The lowest BCUT2D eigenvalue weighted by Gasteiger charge is -2.09. The van der Waals surface area contributed by atoms with Gasteiger partial charge in [-0.1, -0.05) is 31.1 Å². The van der Waals surface area contributed by atoms with Crippen LogP contribution in [0.25, 0.3) is 0 Å². The number of rotatable bonds is 7. The van der Waals surface area contributed by atoms with Gasteiger partial charge in [0.15, 0.2) is 0 Å². The molecule has 0 heterocycles. The first-order chi connectivity index (χ1) is 8.63. The van der Waals surface area contributed by atoms with Crippen molar-refractivity contribution in [3.63, 3.8) is 0 Å². The summed E-state index contributed by atoms with van der Waals surface area (Å²) in [5.41, 5.74) is 1.41. The summed E-state index contributed by atoms with van der Waals surface area (Å²) in [7, 11) is 0. The number of oxime groups is 1. The number of hydrogen-bond acceptors (Lipinski definition) is 4. The highest BCUT2D eigenvalue weighted by atomic mass is 16.5. The van der Waals surface area contributed by atoms with Crippen molar-refractivity contribution in [1.29, 1.82) is 0 Å². The molecule has 0 bridgehead atoms. The van der Waals surface area contributed by atoms with Gasteiger partial charge in [0.2, 0.25) is 0 Å². The number of benzene rings is 1. The summed E-state index contributed by atoms with van der Waals surface area (Å²) in [6.07, 6.45) is 0. The first-order valence-electron chi connectivity index (χ1n) is 6.13. The minimum Gasteiger partial charge on any atom is -0.491 e. The molecule has 0 spiro atoms. The highest BCUT2D eigenvalue weighted by Gasteiger charge is 2.00. The molecule has 0 aliphatic rings. The number of nitrogens with zero attached hydrogens (tertiary/aromatic N) is 1. The van der Waals surface area contributed by atoms with E-state index >= 15 is 0 Å². The molecule has 1 N–H and O–H groups in total. The zero-order valence-corrected chi connectivity index (χ0v) is 11.2. The van der Waals surface area contributed by atoms with Gasteiger partial charge in [-0.3, -0.25) is 0 Å². The second-order valence-electron chi connectivity index (χ2n) is 4.53. The predicted molar refractivity (Wildman–Crippen MR) is 71.6 cm³/mol. The standard InChI is InChI=1S/C14H21NO3/c1-11(2)10-17-7-8-18-14-6-4-5-13(9-14)12(3)15-16/h4-6,9,11,16H,7-8,10H2,1-3H3/b15-12+. The Morgan fingerprint density at radius 2 is 2.11 bits per heavy atom. The molecule has 0 aromatic heterocycles. The Hall–Kier alpha value is -1.55. The fraction of sp³-hybridized carbons (Fsp3) is 0.500. The van der Waals surface area contributed by atoms with Crippen LogP contribution in [-0.2, 0) is 4.74 Å². The summed E-state index contributed by atoms with van der Waals surface area (Å²) in [6, 6.07) is 7.46. The Balaban J connectivity index is 2.39. The molecule has 0 fully saturated rings. The Morgan fingerprint density at radius 3 is 2.78 bits per heavy atom. The van der Waals surface area contributed by atoms with Crippen LogP contribution in [0.3, 0.4) is 0 Å². The molecule has 4 nitrogen and oxygen atoms in total. The van der Waals surface area contributed by atoms with Crippen molar-refractivity contribution in [3.8, 4) is 5.75 Å². The van der Waals surface area contributed by atoms with Gasteiger partial charge in [0.05, 0.1) is 12.3 Å². The highest BCUT2D eigenvalue weighted by Crippen LogP contribution is 2.14. The van der Waals surface area contributed by atoms with E-state index in [2.05, 4.69) is 19.0 Å². The molecule has 4 heteroatoms. The van der Waals surface area contributed by atoms with Gasteiger partial charge in [0.1, 0.15) is 12.4 Å². The van der Waals surface area contributed by atoms with E-state index in [4.69, 9.17) is 14.7 Å². The van der Waals surface area contributed by atoms with Crippen molar-refractivity contribution in [1.82, 2.24) is 0 Å². The molecular weight excluding hydrogens is 230 g/mol. The molecule has 18 heavy (non-hydrogen) atoms. The summed E-state index contributed by atoms with van der Waals surface area (Å²) in [5, 5.41) is 11.9. The van der Waals surface area contributed by atoms with Crippen molar-refractivity contribution >= 4 is 5.71 Å². The SMILES string of the molecule is C/C(=N\O)c1cccc(OCCOCC(C)C)c1. The Bertz CT molecular complexity index is 388. The third-order valence-electron chi connectivity index (χ3n) is 2.35. The van der Waals surface area contributed by atoms with E-state index in [0.29, 0.717) is 24.8 Å². The van der Waals surface area contributed by atoms with Crippen LogP contribution in [0.4, 0.5) is 0 Å². The zero-order chi connectivity index (χ0) is 13.4. The van der Waals surface area contributed by atoms with Crippen LogP contribution in [0.15, 0.2) is 29.4 Å². The highest BCUT2D eigenvalue weighted by molar-refractivity contribution is 5.98. The Morgan fingerprint density at radius 1 is 1.33 bits per heavy atom. The van der Waals surface area contributed by atoms with Gasteiger partial charge in [0, 0.05) is 12.2 Å². The molecule has 0 unspecified atom stereocenters. The number of ether oxygens (including phenoxy) is 2. The molecule has 0 aliphatic carbocycles. The normalized spacial score (nSPS) is 11.9. The smallest absolute Gasteiger partial charge is 0.120 e. The van der Waals surface area contributed by atoms with Gasteiger partial charge in [-0.05, 0) is 25.0 Å². The van der Waals surface area contributed by atoms with Gasteiger partial charge in [0.25, 0.3) is 0 Å². The lowest BCUT2D eigenvalue weighted by molar-refractivity contribution is 0.0819. The lowest BCUT2D eigenvalue weighted by Crippen LogP contribution is -2.10. The van der Waals surface area contributed by atoms with Gasteiger partial charge in [-0.15, -0.1) is 0 Å². The average molecular weight is 251 g/mol. The Labute approximate surface area is 108 Å². The first-order valence-corrected chi connectivity index (χ1v) is 6.13. The molecular formula is C14H21NO3. The van der Waals surface area contributed by atoms with Crippen LogP contribution in [-0.4, -0.2) is 30.7 Å². The third-order valence-corrected chi connectivity index (χ3v) is 2.35. The van der Waals surface area contributed by atoms with Crippen molar-refractivity contribution in [2.45, 2.75) is 20.8 Å². The van der Waals surface area contributed by atoms with Gasteiger partial charge < -0.3 is 14.7 Å². The minimum absolute atomic E-state index is 0.519. The van der Waals surface area contributed by atoms with Crippen LogP contribution < -0.4 is 4.74 Å². The van der Waals surface area contributed by atoms with Crippen LogP contribution in [0, 0.1) is 5.92 Å². The molecule has 0 saturated heterocycles. The van der Waals surface area contributed by atoms with E-state index in [0.717, 1.165) is 17.9 Å². The van der Waals surface area contributed by atoms with Gasteiger partial charge in [-0.2, -0.15) is 0 Å². The van der Waals surface area contributed by atoms with Gasteiger partial charge >= 0.3 is 0 Å². The van der Waals surface area contributed by atoms with Gasteiger partial charge in [-0.25, -0.2) is 0 Å². The van der Waals surface area contributed by atoms with E-state index < -0.39 is 0 Å². The molecule has 100 valence electrons. The monoisotopic (exact) mass is 251 g/mol. The minimum atomic E-state index is 0.519. The fourth-order valence-electron chi connectivity index (χ4n) is 1.41. The number of hydrogen-bond donors (Lipinski definition) is 1. The average Bonchev–Trinajstić information content (AvgIpc) is 2.37. The predicted octanol–water partition coefficient (Wildman–Crippen LogP) is 2.94. The maximum Gasteiger partial charge on any atom is 0.120 e.